The Kier molecular flexibility index (Phi) is 8.68. The smallest absolute Gasteiger partial charge is 0.243 e. The summed E-state index contributed by atoms with van der Waals surface area (Å²) in [5.41, 5.74) is -0.593. The van der Waals surface area contributed by atoms with Gasteiger partial charge < -0.3 is 25.6 Å². The fourth-order valence-corrected chi connectivity index (χ4v) is 2.36. The number of likely N-dealkylation sites (N-methyl/N-ethyl adjacent to an activating group) is 1. The van der Waals surface area contributed by atoms with Crippen LogP contribution in [0, 0.1) is 5.41 Å². The van der Waals surface area contributed by atoms with Gasteiger partial charge in [-0.15, -0.1) is 0 Å². The summed E-state index contributed by atoms with van der Waals surface area (Å²) < 4.78 is 5.71. The van der Waals surface area contributed by atoms with Crippen LogP contribution in [0.25, 0.3) is 0 Å². The highest BCUT2D eigenvalue weighted by molar-refractivity contribution is 5.86. The van der Waals surface area contributed by atoms with Crippen LogP contribution in [-0.2, 0) is 14.3 Å². The molecule has 0 radical (unpaired) electrons. The quantitative estimate of drug-likeness (QED) is 0.440. The van der Waals surface area contributed by atoms with Crippen LogP contribution in [0.5, 0.6) is 0 Å². The lowest BCUT2D eigenvalue weighted by atomic mass is 9.92. The molecule has 3 N–H and O–H groups in total. The highest BCUT2D eigenvalue weighted by Gasteiger charge is 2.27. The first-order valence-corrected chi connectivity index (χ1v) is 8.82. The van der Waals surface area contributed by atoms with Crippen LogP contribution in [0.1, 0.15) is 33.1 Å². The molecule has 0 aliphatic carbocycles. The van der Waals surface area contributed by atoms with Gasteiger partial charge in [0.25, 0.3) is 0 Å². The summed E-state index contributed by atoms with van der Waals surface area (Å²) in [5.74, 6) is 0.376. The van der Waals surface area contributed by atoms with Gasteiger partial charge in [-0.2, -0.15) is 0 Å². The van der Waals surface area contributed by atoms with Crippen molar-refractivity contribution < 1.29 is 14.3 Å². The number of hydrogen-bond acceptors (Lipinski definition) is 4. The lowest BCUT2D eigenvalue weighted by molar-refractivity contribution is -0.128. The van der Waals surface area contributed by atoms with Crippen LogP contribution in [0.2, 0.25) is 0 Å². The van der Waals surface area contributed by atoms with Gasteiger partial charge in [-0.1, -0.05) is 0 Å². The van der Waals surface area contributed by atoms with E-state index in [9.17, 15) is 9.59 Å². The summed E-state index contributed by atoms with van der Waals surface area (Å²) in [7, 11) is 5.01. The Hall–Kier alpha value is -1.83. The zero-order valence-corrected chi connectivity index (χ0v) is 16.1. The summed E-state index contributed by atoms with van der Waals surface area (Å²) >= 11 is 0. The molecule has 1 unspecified atom stereocenters. The van der Waals surface area contributed by atoms with Crippen molar-refractivity contribution in [1.82, 2.24) is 20.9 Å². The van der Waals surface area contributed by atoms with E-state index in [1.807, 2.05) is 13.8 Å². The van der Waals surface area contributed by atoms with E-state index in [0.717, 1.165) is 25.9 Å². The number of nitrogens with one attached hydrogen (secondary N) is 3. The molecule has 25 heavy (non-hydrogen) atoms. The van der Waals surface area contributed by atoms with Crippen molar-refractivity contribution in [3.8, 4) is 0 Å². The van der Waals surface area contributed by atoms with Gasteiger partial charge in [-0.05, 0) is 33.1 Å². The lowest BCUT2D eigenvalue weighted by Crippen LogP contribution is -2.49. The molecular weight excluding hydrogens is 322 g/mol. The molecule has 0 saturated carbocycles. The monoisotopic (exact) mass is 355 g/mol. The summed E-state index contributed by atoms with van der Waals surface area (Å²) in [6, 6.07) is 0. The number of carbonyl (C=O) groups is 2. The van der Waals surface area contributed by atoms with Gasteiger partial charge in [-0.3, -0.25) is 9.59 Å². The van der Waals surface area contributed by atoms with E-state index >= 15 is 0 Å². The zero-order chi connectivity index (χ0) is 18.9. The van der Waals surface area contributed by atoms with Crippen molar-refractivity contribution in [3.05, 3.63) is 0 Å². The molecule has 8 nitrogen and oxygen atoms in total. The first-order valence-electron chi connectivity index (χ1n) is 8.82. The minimum atomic E-state index is -0.593. The van der Waals surface area contributed by atoms with Gasteiger partial charge in [0.2, 0.25) is 11.8 Å². The van der Waals surface area contributed by atoms with Crippen LogP contribution in [0.15, 0.2) is 4.99 Å². The Bertz CT molecular complexity index is 471. The first-order chi connectivity index (χ1) is 11.8. The third-order valence-electron chi connectivity index (χ3n) is 4.18. The van der Waals surface area contributed by atoms with E-state index in [-0.39, 0.29) is 24.5 Å². The number of rotatable bonds is 7. The van der Waals surface area contributed by atoms with Crippen LogP contribution in [0.3, 0.4) is 0 Å². The second-order valence-corrected chi connectivity index (χ2v) is 7.14. The summed E-state index contributed by atoms with van der Waals surface area (Å²) in [4.78, 5) is 29.5. The highest BCUT2D eigenvalue weighted by Crippen LogP contribution is 2.13. The molecule has 1 atom stereocenters. The van der Waals surface area contributed by atoms with E-state index in [2.05, 4.69) is 20.9 Å². The number of aliphatic imine (C=N–C) groups is 1. The Labute approximate surface area is 150 Å². The average molecular weight is 355 g/mol. The molecule has 1 saturated heterocycles. The largest absolute Gasteiger partial charge is 0.376 e. The first kappa shape index (κ1) is 21.2. The molecule has 8 heteroatoms. The predicted octanol–water partition coefficient (Wildman–Crippen LogP) is -0.0489. The molecule has 0 aromatic rings. The molecule has 1 aliphatic rings. The Morgan fingerprint density at radius 1 is 1.24 bits per heavy atom. The normalized spacial score (nSPS) is 18.4. The van der Waals surface area contributed by atoms with Crippen molar-refractivity contribution in [2.45, 2.75) is 39.2 Å². The Morgan fingerprint density at radius 3 is 2.52 bits per heavy atom. The Morgan fingerprint density at radius 2 is 1.96 bits per heavy atom. The summed E-state index contributed by atoms with van der Waals surface area (Å²) in [6.07, 6.45) is 3.43. The van der Waals surface area contributed by atoms with Crippen LogP contribution in [-0.4, -0.2) is 76.2 Å². The summed E-state index contributed by atoms with van der Waals surface area (Å²) in [5, 5.41) is 9.04. The van der Waals surface area contributed by atoms with E-state index in [4.69, 9.17) is 4.74 Å². The van der Waals surface area contributed by atoms with E-state index in [0.29, 0.717) is 19.0 Å². The maximum Gasteiger partial charge on any atom is 0.243 e. The fraction of sp³-hybridized carbons (Fsp3) is 0.824. The van der Waals surface area contributed by atoms with Crippen LogP contribution < -0.4 is 16.0 Å². The molecule has 0 aromatic heterocycles. The van der Waals surface area contributed by atoms with Crippen molar-refractivity contribution in [2.75, 3.05) is 47.4 Å². The molecule has 0 spiro atoms. The van der Waals surface area contributed by atoms with Crippen molar-refractivity contribution in [3.63, 3.8) is 0 Å². The van der Waals surface area contributed by atoms with E-state index < -0.39 is 5.41 Å². The fourth-order valence-electron chi connectivity index (χ4n) is 2.36. The third kappa shape index (κ3) is 7.72. The number of carbonyl (C=O) groups excluding carboxylic acids is 2. The Balaban J connectivity index is 2.64. The predicted molar refractivity (Wildman–Crippen MR) is 98.4 cm³/mol. The van der Waals surface area contributed by atoms with Gasteiger partial charge in [0.1, 0.15) is 6.54 Å². The van der Waals surface area contributed by atoms with Crippen LogP contribution in [0.4, 0.5) is 0 Å². The zero-order valence-electron chi connectivity index (χ0n) is 16.1. The molecule has 1 rings (SSSR count). The molecule has 2 amide bonds. The number of ether oxygens (including phenoxy) is 1. The topological polar surface area (TPSA) is 95.1 Å². The van der Waals surface area contributed by atoms with Crippen molar-refractivity contribution in [1.29, 1.82) is 0 Å². The summed E-state index contributed by atoms with van der Waals surface area (Å²) in [6.45, 7) is 5.57. The van der Waals surface area contributed by atoms with Crippen molar-refractivity contribution >= 4 is 17.8 Å². The molecule has 1 heterocycles. The molecule has 1 aliphatic heterocycles. The van der Waals surface area contributed by atoms with E-state index in [1.165, 1.54) is 4.90 Å². The molecule has 0 aromatic carbocycles. The minimum absolute atomic E-state index is 0.0499. The minimum Gasteiger partial charge on any atom is -0.376 e. The second-order valence-electron chi connectivity index (χ2n) is 7.14. The number of amides is 2. The van der Waals surface area contributed by atoms with Gasteiger partial charge in [0.05, 0.1) is 11.5 Å². The second kappa shape index (κ2) is 10.2. The number of hydrogen-bond donors (Lipinski definition) is 3. The van der Waals surface area contributed by atoms with Gasteiger partial charge in [0, 0.05) is 40.8 Å². The van der Waals surface area contributed by atoms with Crippen LogP contribution >= 0.6 is 0 Å². The lowest BCUT2D eigenvalue weighted by Gasteiger charge is -2.26. The van der Waals surface area contributed by atoms with E-state index in [1.54, 1.807) is 21.1 Å². The molecule has 1 fully saturated rings. The maximum atomic E-state index is 11.9. The number of nitrogens with zero attached hydrogens (tertiary/aromatic N) is 2. The third-order valence-corrected chi connectivity index (χ3v) is 4.18. The molecule has 0 bridgehead atoms. The van der Waals surface area contributed by atoms with Gasteiger partial charge >= 0.3 is 0 Å². The number of guanidine groups is 1. The maximum absolute atomic E-state index is 11.9. The standard InChI is InChI=1S/C17H33N5O3/c1-17(2,15(24)18-3)12-21-16(20-11-14(23)22(4)5)19-10-13-8-6-7-9-25-13/h13H,6-12H2,1-5H3,(H,18,24)(H2,19,20,21). The van der Waals surface area contributed by atoms with Gasteiger partial charge in [0.15, 0.2) is 5.96 Å². The highest BCUT2D eigenvalue weighted by atomic mass is 16.5. The molecular formula is C17H33N5O3. The van der Waals surface area contributed by atoms with Gasteiger partial charge in [-0.25, -0.2) is 4.99 Å². The molecule has 144 valence electrons. The van der Waals surface area contributed by atoms with Crippen molar-refractivity contribution in [2.24, 2.45) is 10.4 Å². The average Bonchev–Trinajstić information content (AvgIpc) is 2.60. The SMILES string of the molecule is CNC(=O)C(C)(C)CNC(=NCC(=O)N(C)C)NCC1CCCCO1.